The molecule has 0 N–H and O–H groups in total. The summed E-state index contributed by atoms with van der Waals surface area (Å²) in [5.41, 5.74) is 0.354. The van der Waals surface area contributed by atoms with Gasteiger partial charge in [0.25, 0.3) is 5.92 Å². The molecule has 0 amide bonds. The zero-order valence-electron chi connectivity index (χ0n) is 9.17. The summed E-state index contributed by atoms with van der Waals surface area (Å²) in [5.74, 6) is -2.39. The van der Waals surface area contributed by atoms with Crippen LogP contribution in [0.15, 0.2) is 5.38 Å². The molecule has 1 saturated heterocycles. The lowest BCUT2D eigenvalue weighted by Crippen LogP contribution is -2.36. The largest absolute Gasteiger partial charge is 0.348 e. The average Bonchev–Trinajstić information content (AvgIpc) is 2.61. The van der Waals surface area contributed by atoms with Gasteiger partial charge < -0.3 is 4.90 Å². The van der Waals surface area contributed by atoms with Crippen LogP contribution >= 0.6 is 11.3 Å². The molecule has 88 valence electrons. The zero-order chi connectivity index (χ0) is 11.4. The number of aryl methyl sites for hydroxylation is 1. The summed E-state index contributed by atoms with van der Waals surface area (Å²) in [6.07, 6.45) is 1.32. The highest BCUT2D eigenvalue weighted by Crippen LogP contribution is 2.65. The maximum atomic E-state index is 13.2. The molecule has 0 atom stereocenters. The Hall–Kier alpha value is -0.710. The van der Waals surface area contributed by atoms with Crippen molar-refractivity contribution in [2.24, 2.45) is 5.41 Å². The maximum Gasteiger partial charge on any atom is 0.254 e. The fraction of sp³-hybridized carbons (Fsp3) is 0.727. The van der Waals surface area contributed by atoms with Crippen molar-refractivity contribution in [2.75, 3.05) is 18.0 Å². The number of hydrogen-bond acceptors (Lipinski definition) is 3. The van der Waals surface area contributed by atoms with Crippen molar-refractivity contribution in [3.8, 4) is 0 Å². The predicted molar refractivity (Wildman–Crippen MR) is 60.3 cm³/mol. The molecular formula is C11H14F2N2S. The van der Waals surface area contributed by atoms with Crippen molar-refractivity contribution in [1.29, 1.82) is 0 Å². The second-order valence-corrected chi connectivity index (χ2v) is 5.76. The fourth-order valence-electron chi connectivity index (χ4n) is 2.54. The first kappa shape index (κ1) is 10.4. The second kappa shape index (κ2) is 3.15. The quantitative estimate of drug-likeness (QED) is 0.754. The minimum absolute atomic E-state index is 0.102. The molecule has 16 heavy (non-hydrogen) atoms. The summed E-state index contributed by atoms with van der Waals surface area (Å²) < 4.78 is 26.3. The van der Waals surface area contributed by atoms with E-state index in [0.29, 0.717) is 12.8 Å². The molecular weight excluding hydrogens is 230 g/mol. The van der Waals surface area contributed by atoms with E-state index in [2.05, 4.69) is 9.88 Å². The van der Waals surface area contributed by atoms with E-state index in [-0.39, 0.29) is 6.42 Å². The molecule has 0 bridgehead atoms. The third-order valence-electron chi connectivity index (χ3n) is 3.81. The van der Waals surface area contributed by atoms with Gasteiger partial charge in [-0.3, -0.25) is 0 Å². The highest BCUT2D eigenvalue weighted by atomic mass is 32.1. The Labute approximate surface area is 97.3 Å². The third kappa shape index (κ3) is 1.44. The number of halogens is 2. The Morgan fingerprint density at radius 1 is 1.38 bits per heavy atom. The molecule has 0 unspecified atom stereocenters. The molecule has 2 fully saturated rings. The number of anilines is 1. The van der Waals surface area contributed by atoms with Gasteiger partial charge in [-0.05, 0) is 19.8 Å². The number of thiazole rings is 1. The summed E-state index contributed by atoms with van der Waals surface area (Å²) in [7, 11) is 0. The number of alkyl halides is 2. The Morgan fingerprint density at radius 2 is 2.00 bits per heavy atom. The molecule has 0 aromatic carbocycles. The van der Waals surface area contributed by atoms with Gasteiger partial charge in [-0.25, -0.2) is 13.8 Å². The van der Waals surface area contributed by atoms with Gasteiger partial charge in [0.15, 0.2) is 5.13 Å². The Bertz CT molecular complexity index is 408. The van der Waals surface area contributed by atoms with Gasteiger partial charge in [0.2, 0.25) is 0 Å². The van der Waals surface area contributed by atoms with Gasteiger partial charge in [-0.2, -0.15) is 0 Å². The predicted octanol–water partition coefficient (Wildman–Crippen LogP) is 3.08. The van der Waals surface area contributed by atoms with Crippen molar-refractivity contribution < 1.29 is 8.78 Å². The molecule has 1 aliphatic carbocycles. The summed E-state index contributed by atoms with van der Waals surface area (Å²) >= 11 is 1.60. The van der Waals surface area contributed by atoms with Crippen LogP contribution in [0.4, 0.5) is 13.9 Å². The number of aromatic nitrogens is 1. The van der Waals surface area contributed by atoms with Gasteiger partial charge in [0.05, 0.1) is 5.69 Å². The molecule has 2 nitrogen and oxygen atoms in total. The number of rotatable bonds is 1. The standard InChI is InChI=1S/C11H14F2N2S/c1-8-6-16-9(14-8)15-4-2-10(3-5-15)7-11(10,12)13/h6H,2-5,7H2,1H3. The third-order valence-corrected chi connectivity index (χ3v) is 4.83. The van der Waals surface area contributed by atoms with Crippen LogP contribution in [-0.2, 0) is 0 Å². The van der Waals surface area contributed by atoms with Gasteiger partial charge in [-0.1, -0.05) is 0 Å². The Kier molecular flexibility index (Phi) is 2.06. The van der Waals surface area contributed by atoms with E-state index in [1.807, 2.05) is 12.3 Å². The Balaban J connectivity index is 1.68. The summed E-state index contributed by atoms with van der Waals surface area (Å²) in [6, 6.07) is 0. The fourth-order valence-corrected chi connectivity index (χ4v) is 3.39. The van der Waals surface area contributed by atoms with Crippen LogP contribution in [0.25, 0.3) is 0 Å². The molecule has 2 aliphatic rings. The maximum absolute atomic E-state index is 13.2. The minimum Gasteiger partial charge on any atom is -0.348 e. The monoisotopic (exact) mass is 244 g/mol. The molecule has 1 aromatic heterocycles. The first-order valence-corrected chi connectivity index (χ1v) is 6.45. The molecule has 1 spiro atoms. The van der Waals surface area contributed by atoms with E-state index in [0.717, 1.165) is 23.9 Å². The van der Waals surface area contributed by atoms with E-state index in [4.69, 9.17) is 0 Å². The van der Waals surface area contributed by atoms with Crippen LogP contribution in [-0.4, -0.2) is 24.0 Å². The smallest absolute Gasteiger partial charge is 0.254 e. The van der Waals surface area contributed by atoms with Crippen molar-refractivity contribution >= 4 is 16.5 Å². The summed E-state index contributed by atoms with van der Waals surface area (Å²) in [4.78, 5) is 6.53. The normalized spacial score (nSPS) is 26.1. The lowest BCUT2D eigenvalue weighted by molar-refractivity contribution is 0.0537. The summed E-state index contributed by atoms with van der Waals surface area (Å²) in [6.45, 7) is 3.41. The highest BCUT2D eigenvalue weighted by molar-refractivity contribution is 7.13. The first-order chi connectivity index (χ1) is 7.52. The Morgan fingerprint density at radius 3 is 2.44 bits per heavy atom. The number of hydrogen-bond donors (Lipinski definition) is 0. The molecule has 1 aliphatic heterocycles. The van der Waals surface area contributed by atoms with Crippen LogP contribution < -0.4 is 4.90 Å². The lowest BCUT2D eigenvalue weighted by atomic mass is 9.93. The van der Waals surface area contributed by atoms with E-state index in [1.165, 1.54) is 0 Å². The van der Waals surface area contributed by atoms with Crippen LogP contribution in [0, 0.1) is 12.3 Å². The van der Waals surface area contributed by atoms with Crippen LogP contribution in [0.5, 0.6) is 0 Å². The first-order valence-electron chi connectivity index (χ1n) is 5.57. The van der Waals surface area contributed by atoms with E-state index in [9.17, 15) is 8.78 Å². The van der Waals surface area contributed by atoms with Crippen molar-refractivity contribution in [3.05, 3.63) is 11.1 Å². The molecule has 1 saturated carbocycles. The number of piperidine rings is 1. The average molecular weight is 244 g/mol. The zero-order valence-corrected chi connectivity index (χ0v) is 9.99. The van der Waals surface area contributed by atoms with E-state index >= 15 is 0 Å². The van der Waals surface area contributed by atoms with Gasteiger partial charge in [-0.15, -0.1) is 11.3 Å². The molecule has 1 aromatic rings. The summed E-state index contributed by atoms with van der Waals surface area (Å²) in [5, 5.41) is 2.99. The van der Waals surface area contributed by atoms with Crippen molar-refractivity contribution in [3.63, 3.8) is 0 Å². The van der Waals surface area contributed by atoms with Crippen LogP contribution in [0.2, 0.25) is 0 Å². The molecule has 5 heteroatoms. The van der Waals surface area contributed by atoms with Gasteiger partial charge in [0.1, 0.15) is 0 Å². The molecule has 3 rings (SSSR count). The van der Waals surface area contributed by atoms with E-state index < -0.39 is 11.3 Å². The highest BCUT2D eigenvalue weighted by Gasteiger charge is 2.70. The van der Waals surface area contributed by atoms with Gasteiger partial charge in [0, 0.05) is 30.3 Å². The second-order valence-electron chi connectivity index (χ2n) is 4.92. The molecule has 0 radical (unpaired) electrons. The van der Waals surface area contributed by atoms with Gasteiger partial charge >= 0.3 is 0 Å². The number of nitrogens with zero attached hydrogens (tertiary/aromatic N) is 2. The van der Waals surface area contributed by atoms with Crippen LogP contribution in [0.1, 0.15) is 25.0 Å². The minimum atomic E-state index is -2.39. The van der Waals surface area contributed by atoms with E-state index in [1.54, 1.807) is 11.3 Å². The SMILES string of the molecule is Cc1csc(N2CCC3(CC2)CC3(F)F)n1. The lowest BCUT2D eigenvalue weighted by Gasteiger charge is -2.31. The van der Waals surface area contributed by atoms with Crippen molar-refractivity contribution in [1.82, 2.24) is 4.98 Å². The van der Waals surface area contributed by atoms with Crippen molar-refractivity contribution in [2.45, 2.75) is 32.1 Å². The molecule has 2 heterocycles. The van der Waals surface area contributed by atoms with Crippen LogP contribution in [0.3, 0.4) is 0 Å². The topological polar surface area (TPSA) is 16.1 Å².